The average Bonchev–Trinajstić information content (AvgIpc) is 2.37. The molecule has 18 heavy (non-hydrogen) atoms. The van der Waals surface area contributed by atoms with Gasteiger partial charge < -0.3 is 16.2 Å². The molecule has 4 heteroatoms. The first-order valence-electron chi connectivity index (χ1n) is 6.28. The van der Waals surface area contributed by atoms with Crippen LogP contribution in [0.15, 0.2) is 30.3 Å². The van der Waals surface area contributed by atoms with Crippen LogP contribution in [-0.4, -0.2) is 23.6 Å². The molecular weight excluding hydrogens is 228 g/mol. The van der Waals surface area contributed by atoms with E-state index in [1.807, 2.05) is 6.07 Å². The molecule has 1 amide bonds. The van der Waals surface area contributed by atoms with Crippen LogP contribution < -0.4 is 11.1 Å². The van der Waals surface area contributed by atoms with Gasteiger partial charge in [0, 0.05) is 12.6 Å². The van der Waals surface area contributed by atoms with Gasteiger partial charge in [0.2, 0.25) is 0 Å². The Morgan fingerprint density at radius 1 is 1.33 bits per heavy atom. The topological polar surface area (TPSA) is 75.3 Å². The Balaban J connectivity index is 2.59. The second-order valence-corrected chi connectivity index (χ2v) is 4.88. The third-order valence-electron chi connectivity index (χ3n) is 2.75. The summed E-state index contributed by atoms with van der Waals surface area (Å²) in [7, 11) is 0. The molecule has 0 radical (unpaired) electrons. The smallest absolute Gasteiger partial charge is 0.253 e. The highest BCUT2D eigenvalue weighted by Gasteiger charge is 2.20. The summed E-state index contributed by atoms with van der Waals surface area (Å²) in [5, 5.41) is 12.7. The third-order valence-corrected chi connectivity index (χ3v) is 2.75. The highest BCUT2D eigenvalue weighted by molar-refractivity contribution is 5.82. The van der Waals surface area contributed by atoms with Gasteiger partial charge in [-0.1, -0.05) is 44.2 Å². The van der Waals surface area contributed by atoms with Gasteiger partial charge in [0.05, 0.1) is 0 Å². The van der Waals surface area contributed by atoms with Crippen LogP contribution in [-0.2, 0) is 4.79 Å². The van der Waals surface area contributed by atoms with Crippen LogP contribution in [0.3, 0.4) is 0 Å². The standard InChI is InChI=1S/C14H22N2O2/c1-10(2)8-12(9-15)16-14(18)13(17)11-6-4-3-5-7-11/h3-7,10,12-13,17H,8-9,15H2,1-2H3,(H,16,18). The maximum absolute atomic E-state index is 11.9. The fourth-order valence-electron chi connectivity index (χ4n) is 1.85. The Labute approximate surface area is 108 Å². The summed E-state index contributed by atoms with van der Waals surface area (Å²) >= 11 is 0. The Morgan fingerprint density at radius 3 is 2.44 bits per heavy atom. The number of aliphatic hydroxyl groups is 1. The van der Waals surface area contributed by atoms with Crippen LogP contribution in [0.1, 0.15) is 31.9 Å². The summed E-state index contributed by atoms with van der Waals surface area (Å²) in [5.41, 5.74) is 6.20. The average molecular weight is 250 g/mol. The number of nitrogens with two attached hydrogens (primary N) is 1. The van der Waals surface area contributed by atoms with Gasteiger partial charge in [-0.05, 0) is 17.9 Å². The molecule has 4 nitrogen and oxygen atoms in total. The van der Waals surface area contributed by atoms with Crippen LogP contribution >= 0.6 is 0 Å². The predicted molar refractivity (Wildman–Crippen MR) is 71.8 cm³/mol. The summed E-state index contributed by atoms with van der Waals surface area (Å²) in [6.07, 6.45) is -0.323. The van der Waals surface area contributed by atoms with Crippen LogP contribution in [0.4, 0.5) is 0 Å². The zero-order valence-electron chi connectivity index (χ0n) is 11.0. The lowest BCUT2D eigenvalue weighted by molar-refractivity contribution is -0.130. The lowest BCUT2D eigenvalue weighted by Gasteiger charge is -2.20. The molecule has 0 aromatic heterocycles. The number of aliphatic hydroxyl groups excluding tert-OH is 1. The molecule has 2 unspecified atom stereocenters. The van der Waals surface area contributed by atoms with E-state index in [4.69, 9.17) is 5.73 Å². The van der Waals surface area contributed by atoms with Crippen molar-refractivity contribution in [2.75, 3.05) is 6.54 Å². The molecule has 100 valence electrons. The second-order valence-electron chi connectivity index (χ2n) is 4.88. The summed E-state index contributed by atoms with van der Waals surface area (Å²) in [6.45, 7) is 4.52. The summed E-state index contributed by atoms with van der Waals surface area (Å²) in [6, 6.07) is 8.79. The van der Waals surface area contributed by atoms with Crippen molar-refractivity contribution >= 4 is 5.91 Å². The fraction of sp³-hybridized carbons (Fsp3) is 0.500. The maximum Gasteiger partial charge on any atom is 0.253 e. The fourth-order valence-corrected chi connectivity index (χ4v) is 1.85. The van der Waals surface area contributed by atoms with Crippen LogP contribution in [0, 0.1) is 5.92 Å². The van der Waals surface area contributed by atoms with Crippen molar-refractivity contribution in [1.82, 2.24) is 5.32 Å². The predicted octanol–water partition coefficient (Wildman–Crippen LogP) is 1.21. The molecule has 0 aliphatic rings. The number of hydrogen-bond acceptors (Lipinski definition) is 3. The third kappa shape index (κ3) is 4.47. The minimum atomic E-state index is -1.13. The molecule has 1 rings (SSSR count). The molecule has 0 fully saturated rings. The van der Waals surface area contributed by atoms with Crippen LogP contribution in [0.5, 0.6) is 0 Å². The van der Waals surface area contributed by atoms with Gasteiger partial charge >= 0.3 is 0 Å². The minimum Gasteiger partial charge on any atom is -0.378 e. The quantitative estimate of drug-likeness (QED) is 0.710. The Bertz CT molecular complexity index is 365. The van der Waals surface area contributed by atoms with Gasteiger partial charge in [-0.3, -0.25) is 4.79 Å². The van der Waals surface area contributed by atoms with Gasteiger partial charge in [-0.15, -0.1) is 0 Å². The van der Waals surface area contributed by atoms with Crippen molar-refractivity contribution in [3.63, 3.8) is 0 Å². The number of hydrogen-bond donors (Lipinski definition) is 3. The van der Waals surface area contributed by atoms with E-state index >= 15 is 0 Å². The van der Waals surface area contributed by atoms with Crippen molar-refractivity contribution in [1.29, 1.82) is 0 Å². The van der Waals surface area contributed by atoms with E-state index in [2.05, 4.69) is 19.2 Å². The van der Waals surface area contributed by atoms with Crippen molar-refractivity contribution in [2.45, 2.75) is 32.4 Å². The monoisotopic (exact) mass is 250 g/mol. The highest BCUT2D eigenvalue weighted by Crippen LogP contribution is 2.13. The highest BCUT2D eigenvalue weighted by atomic mass is 16.3. The molecule has 0 heterocycles. The Hall–Kier alpha value is -1.39. The molecule has 0 saturated carbocycles. The maximum atomic E-state index is 11.9. The molecule has 0 aliphatic carbocycles. The zero-order chi connectivity index (χ0) is 13.5. The van der Waals surface area contributed by atoms with Crippen molar-refractivity contribution in [2.24, 2.45) is 11.7 Å². The number of benzene rings is 1. The lowest BCUT2D eigenvalue weighted by Crippen LogP contribution is -2.43. The van der Waals surface area contributed by atoms with Crippen molar-refractivity contribution in [3.05, 3.63) is 35.9 Å². The number of rotatable bonds is 6. The largest absolute Gasteiger partial charge is 0.378 e. The van der Waals surface area contributed by atoms with E-state index in [1.54, 1.807) is 24.3 Å². The SMILES string of the molecule is CC(C)CC(CN)NC(=O)C(O)c1ccccc1. The summed E-state index contributed by atoms with van der Waals surface area (Å²) < 4.78 is 0. The zero-order valence-corrected chi connectivity index (χ0v) is 11.0. The van der Waals surface area contributed by atoms with Gasteiger partial charge in [0.15, 0.2) is 6.10 Å². The molecule has 0 aliphatic heterocycles. The first-order valence-corrected chi connectivity index (χ1v) is 6.28. The number of carbonyl (C=O) groups excluding carboxylic acids is 1. The van der Waals surface area contributed by atoms with E-state index in [0.717, 1.165) is 6.42 Å². The number of carbonyl (C=O) groups is 1. The molecule has 0 bridgehead atoms. The molecule has 4 N–H and O–H groups in total. The van der Waals surface area contributed by atoms with Gasteiger partial charge in [-0.25, -0.2) is 0 Å². The van der Waals surface area contributed by atoms with E-state index in [-0.39, 0.29) is 6.04 Å². The summed E-state index contributed by atoms with van der Waals surface area (Å²) in [5.74, 6) is 0.0602. The van der Waals surface area contributed by atoms with E-state index in [1.165, 1.54) is 0 Å². The number of amides is 1. The first-order chi connectivity index (χ1) is 8.54. The van der Waals surface area contributed by atoms with E-state index < -0.39 is 12.0 Å². The minimum absolute atomic E-state index is 0.0872. The van der Waals surface area contributed by atoms with Gasteiger partial charge in [0.1, 0.15) is 0 Å². The molecule has 0 saturated heterocycles. The lowest BCUT2D eigenvalue weighted by atomic mass is 10.0. The van der Waals surface area contributed by atoms with Crippen molar-refractivity contribution < 1.29 is 9.90 Å². The van der Waals surface area contributed by atoms with Crippen molar-refractivity contribution in [3.8, 4) is 0 Å². The van der Waals surface area contributed by atoms with E-state index in [0.29, 0.717) is 18.0 Å². The molecule has 1 aromatic rings. The van der Waals surface area contributed by atoms with Crippen LogP contribution in [0.2, 0.25) is 0 Å². The second kappa shape index (κ2) is 7.13. The van der Waals surface area contributed by atoms with E-state index in [9.17, 15) is 9.90 Å². The Kier molecular flexibility index (Phi) is 5.82. The van der Waals surface area contributed by atoms with Gasteiger partial charge in [0.25, 0.3) is 5.91 Å². The van der Waals surface area contributed by atoms with Crippen LogP contribution in [0.25, 0.3) is 0 Å². The van der Waals surface area contributed by atoms with Gasteiger partial charge in [-0.2, -0.15) is 0 Å². The first kappa shape index (κ1) is 14.7. The summed E-state index contributed by atoms with van der Waals surface area (Å²) in [4.78, 5) is 11.9. The molecule has 0 spiro atoms. The Morgan fingerprint density at radius 2 is 1.94 bits per heavy atom. The molecule has 1 aromatic carbocycles. The molecule has 2 atom stereocenters. The normalized spacial score (nSPS) is 14.3. The number of nitrogens with one attached hydrogen (secondary N) is 1. The molecular formula is C14H22N2O2.